The number of fused-ring (bicyclic) bond motifs is 1. The largest absolute Gasteiger partial charge is 0.550 e. The number of nitrogens with two attached hydrogens (primary N) is 1. The molecule has 0 aliphatic carbocycles. The van der Waals surface area contributed by atoms with Gasteiger partial charge in [0.2, 0.25) is 17.8 Å². The number of carbonyl (C=O) groups is 7. The van der Waals surface area contributed by atoms with Gasteiger partial charge in [0.15, 0.2) is 5.82 Å². The Balaban J connectivity index is 1.46. The fourth-order valence-electron chi connectivity index (χ4n) is 4.67. The monoisotopic (exact) mass is 699 g/mol. The predicted molar refractivity (Wildman–Crippen MR) is 163 cm³/mol. The standard InChI is InChI=1S/C29H37N9O12/c30-29-37-23-22(25(44)38-29)33-15(12-32-23)11-31-14-3-1-13(2-4-14)24(43)36-18(28(49)50)6-9-20(40)34-16(26(45)46)5-8-19(39)35-17(27(47)48)7-10-21(41)42/h1-4,15-18,31,33H,5-12H2,(H,34,40)(H,35,39)(H,36,43)(H,41,42)(H,45,46)(H,47,48)(H,49,50)(H4,30,32,37,38,44)/p-4/t15-,16-,17-,18-/m0/s1. The van der Waals surface area contributed by atoms with Crippen molar-refractivity contribution in [1.29, 1.82) is 0 Å². The van der Waals surface area contributed by atoms with Crippen LogP contribution in [0.5, 0.6) is 0 Å². The van der Waals surface area contributed by atoms with Crippen molar-refractivity contribution in [3.8, 4) is 0 Å². The van der Waals surface area contributed by atoms with E-state index < -0.39 is 104 Å². The Hall–Kier alpha value is -6.41. The number of anilines is 4. The van der Waals surface area contributed by atoms with Crippen LogP contribution < -0.4 is 63.6 Å². The van der Waals surface area contributed by atoms with Crippen LogP contribution in [0.25, 0.3) is 0 Å². The van der Waals surface area contributed by atoms with Gasteiger partial charge in [-0.05, 0) is 49.9 Å². The van der Waals surface area contributed by atoms with Crippen LogP contribution in [-0.2, 0) is 28.8 Å². The first-order chi connectivity index (χ1) is 23.6. The number of aliphatic carboxylic acids is 4. The molecule has 9 N–H and O–H groups in total. The molecule has 0 saturated heterocycles. The van der Waals surface area contributed by atoms with Crippen molar-refractivity contribution < 1.29 is 54.0 Å². The van der Waals surface area contributed by atoms with Crippen molar-refractivity contribution in [3.63, 3.8) is 0 Å². The number of rotatable bonds is 19. The summed E-state index contributed by atoms with van der Waals surface area (Å²) in [6, 6.07) is 0.651. The number of nitrogens with zero attached hydrogens (tertiary/aromatic N) is 1. The van der Waals surface area contributed by atoms with Crippen molar-refractivity contribution in [2.45, 2.75) is 62.7 Å². The molecule has 3 amide bonds. The SMILES string of the molecule is Nc1nc2c(c(=O)[nH]1)N[C@@H](CNc1ccc(C(=O)N[C@@H](CCC(=O)N[C@@H](CCC(=O)N[C@@H](CCC(=O)[O-])C(=O)[O-])C(=O)[O-])C(=O)[O-])cc1)CN2. The first kappa shape index (κ1) is 38.0. The maximum Gasteiger partial charge on any atom is 0.277 e. The highest BCUT2D eigenvalue weighted by Gasteiger charge is 2.23. The Morgan fingerprint density at radius 2 is 1.32 bits per heavy atom. The zero-order valence-corrected chi connectivity index (χ0v) is 26.2. The second-order valence-corrected chi connectivity index (χ2v) is 11.1. The molecule has 50 heavy (non-hydrogen) atoms. The average molecular weight is 700 g/mol. The molecule has 1 aliphatic heterocycles. The summed E-state index contributed by atoms with van der Waals surface area (Å²) >= 11 is 0. The number of carboxylic acids is 4. The number of hydrogen-bond acceptors (Lipinski definition) is 17. The Kier molecular flexibility index (Phi) is 13.4. The minimum atomic E-state index is -1.79. The fourth-order valence-corrected chi connectivity index (χ4v) is 4.67. The number of amides is 3. The Bertz CT molecular complexity index is 1660. The Morgan fingerprint density at radius 3 is 1.84 bits per heavy atom. The van der Waals surface area contributed by atoms with Crippen LogP contribution in [0.2, 0.25) is 0 Å². The van der Waals surface area contributed by atoms with Crippen molar-refractivity contribution in [2.75, 3.05) is 34.8 Å². The summed E-state index contributed by atoms with van der Waals surface area (Å²) in [6.45, 7) is 0.783. The molecule has 270 valence electrons. The van der Waals surface area contributed by atoms with Crippen molar-refractivity contribution in [2.24, 2.45) is 0 Å². The van der Waals surface area contributed by atoms with E-state index in [1.165, 1.54) is 12.1 Å². The number of nitrogen functional groups attached to an aromatic ring is 1. The molecular weight excluding hydrogens is 666 g/mol. The van der Waals surface area contributed by atoms with Gasteiger partial charge in [0, 0.05) is 43.2 Å². The van der Waals surface area contributed by atoms with Gasteiger partial charge < -0.3 is 77.2 Å². The van der Waals surface area contributed by atoms with E-state index in [-0.39, 0.29) is 23.2 Å². The molecule has 0 bridgehead atoms. The highest BCUT2D eigenvalue weighted by molar-refractivity contribution is 5.97. The molecule has 0 radical (unpaired) electrons. The number of nitrogens with one attached hydrogen (secondary N) is 7. The smallest absolute Gasteiger partial charge is 0.277 e. The molecule has 21 heteroatoms. The molecule has 0 fully saturated rings. The predicted octanol–water partition coefficient (Wildman–Crippen LogP) is -6.92. The number of carboxylic acid groups (broad SMARTS) is 4. The van der Waals surface area contributed by atoms with Gasteiger partial charge >= 0.3 is 0 Å². The van der Waals surface area contributed by atoms with Crippen LogP contribution in [0.15, 0.2) is 29.1 Å². The van der Waals surface area contributed by atoms with Gasteiger partial charge in [0.05, 0.1) is 42.1 Å². The summed E-state index contributed by atoms with van der Waals surface area (Å²) in [5.41, 5.74) is 6.02. The van der Waals surface area contributed by atoms with Gasteiger partial charge in [-0.15, -0.1) is 0 Å². The molecular formula is C29H33N9O12-4. The third kappa shape index (κ3) is 11.7. The molecule has 2 aromatic rings. The molecule has 1 aromatic heterocycles. The maximum atomic E-state index is 12.7. The molecule has 0 spiro atoms. The quantitative estimate of drug-likeness (QED) is 0.0675. The summed E-state index contributed by atoms with van der Waals surface area (Å²) in [4.78, 5) is 101. The Labute approximate surface area is 282 Å². The number of aromatic nitrogens is 2. The van der Waals surface area contributed by atoms with Crippen LogP contribution >= 0.6 is 0 Å². The Morgan fingerprint density at radius 1 is 0.800 bits per heavy atom. The van der Waals surface area contributed by atoms with Crippen LogP contribution in [0.1, 0.15) is 48.9 Å². The lowest BCUT2D eigenvalue weighted by atomic mass is 10.1. The van der Waals surface area contributed by atoms with Gasteiger partial charge in [-0.25, -0.2) is 0 Å². The van der Waals surface area contributed by atoms with Crippen molar-refractivity contribution in [1.82, 2.24) is 25.9 Å². The molecule has 1 aliphatic rings. The zero-order chi connectivity index (χ0) is 37.0. The van der Waals surface area contributed by atoms with Crippen molar-refractivity contribution in [3.05, 3.63) is 40.2 Å². The maximum absolute atomic E-state index is 12.7. The molecule has 2 heterocycles. The van der Waals surface area contributed by atoms with E-state index in [2.05, 4.69) is 36.6 Å². The van der Waals surface area contributed by atoms with Crippen LogP contribution in [0.3, 0.4) is 0 Å². The van der Waals surface area contributed by atoms with Gasteiger partial charge in [0.25, 0.3) is 11.5 Å². The summed E-state index contributed by atoms with van der Waals surface area (Å²) in [6.07, 6.45) is -3.48. The lowest BCUT2D eigenvalue weighted by molar-refractivity contribution is -0.311. The molecule has 0 saturated carbocycles. The van der Waals surface area contributed by atoms with Gasteiger partial charge in [-0.2, -0.15) is 4.98 Å². The van der Waals surface area contributed by atoms with E-state index in [9.17, 15) is 58.8 Å². The second kappa shape index (κ2) is 17.7. The lowest BCUT2D eigenvalue weighted by Crippen LogP contribution is -2.51. The number of aromatic amines is 1. The topological polar surface area (TPSA) is 356 Å². The third-order valence-electron chi connectivity index (χ3n) is 7.29. The minimum absolute atomic E-state index is 0.0232. The molecule has 21 nitrogen and oxygen atoms in total. The second-order valence-electron chi connectivity index (χ2n) is 11.1. The van der Waals surface area contributed by atoms with Gasteiger partial charge in [0.1, 0.15) is 5.69 Å². The van der Waals surface area contributed by atoms with E-state index in [1.807, 2.05) is 5.32 Å². The zero-order valence-electron chi connectivity index (χ0n) is 26.2. The van der Waals surface area contributed by atoms with Crippen LogP contribution in [0, 0.1) is 0 Å². The molecule has 3 rings (SSSR count). The third-order valence-corrected chi connectivity index (χ3v) is 7.29. The highest BCUT2D eigenvalue weighted by Crippen LogP contribution is 2.20. The average Bonchev–Trinajstić information content (AvgIpc) is 3.05. The molecule has 1 aromatic carbocycles. The highest BCUT2D eigenvalue weighted by atomic mass is 16.4. The molecule has 4 atom stereocenters. The fraction of sp³-hybridized carbons (Fsp3) is 0.414. The van der Waals surface area contributed by atoms with Gasteiger partial charge in [-0.1, -0.05) is 0 Å². The number of benzene rings is 1. The molecule has 0 unspecified atom stereocenters. The summed E-state index contributed by atoms with van der Waals surface area (Å²) in [5, 5.41) is 60.3. The van der Waals surface area contributed by atoms with Gasteiger partial charge in [-0.3, -0.25) is 24.2 Å². The number of H-pyrrole nitrogens is 1. The minimum Gasteiger partial charge on any atom is -0.550 e. The summed E-state index contributed by atoms with van der Waals surface area (Å²) < 4.78 is 0. The summed E-state index contributed by atoms with van der Waals surface area (Å²) in [5.74, 6) is -9.29. The van der Waals surface area contributed by atoms with E-state index >= 15 is 0 Å². The first-order valence-corrected chi connectivity index (χ1v) is 15.1. The van der Waals surface area contributed by atoms with Crippen molar-refractivity contribution >= 4 is 64.7 Å². The number of hydrogen-bond donors (Lipinski definition) is 8. The van der Waals surface area contributed by atoms with E-state index in [4.69, 9.17) is 5.73 Å². The summed E-state index contributed by atoms with van der Waals surface area (Å²) in [7, 11) is 0. The van der Waals surface area contributed by atoms with E-state index in [0.29, 0.717) is 24.6 Å². The first-order valence-electron chi connectivity index (χ1n) is 15.1. The van der Waals surface area contributed by atoms with E-state index in [1.54, 1.807) is 12.1 Å². The van der Waals surface area contributed by atoms with E-state index in [0.717, 1.165) is 0 Å². The van der Waals surface area contributed by atoms with Crippen LogP contribution in [0.4, 0.5) is 23.1 Å². The number of carbonyl (C=O) groups excluding carboxylic acids is 7. The van der Waals surface area contributed by atoms with Crippen LogP contribution in [-0.4, -0.2) is 88.8 Å². The normalized spacial score (nSPS) is 15.0. The lowest BCUT2D eigenvalue weighted by Gasteiger charge is -2.27.